The van der Waals surface area contributed by atoms with Crippen molar-refractivity contribution >= 4 is 16.5 Å². The van der Waals surface area contributed by atoms with Crippen LogP contribution in [0.1, 0.15) is 36.1 Å². The van der Waals surface area contributed by atoms with Crippen molar-refractivity contribution in [3.8, 4) is 0 Å². The molecule has 0 bridgehead atoms. The zero-order valence-electron chi connectivity index (χ0n) is 14.1. The number of nitrogens with zero attached hydrogens (tertiary/aromatic N) is 7. The van der Waals surface area contributed by atoms with Gasteiger partial charge < -0.3 is 19.1 Å². The molecular weight excluding hydrogens is 338 g/mol. The smallest absolute Gasteiger partial charge is 0.185 e. The van der Waals surface area contributed by atoms with E-state index in [1.807, 2.05) is 23.2 Å². The number of rotatable bonds is 5. The first kappa shape index (κ1) is 16.2. The summed E-state index contributed by atoms with van der Waals surface area (Å²) in [5, 5.41) is 21.0. The standard InChI is InChI=1S/C16H21N7OS/c1-21-14(8-22-6-4-17-11-22)19-20-15(21)12-3-2-5-23(7-12)16-18-13(9-24)10-25-16/h4,6,10-12,24H,2-3,5,7-9H2,1H3/t12-/m0/s1. The van der Waals surface area contributed by atoms with Crippen molar-refractivity contribution in [1.82, 2.24) is 29.3 Å². The minimum Gasteiger partial charge on any atom is -0.390 e. The largest absolute Gasteiger partial charge is 0.390 e. The van der Waals surface area contributed by atoms with Crippen molar-refractivity contribution in [3.63, 3.8) is 0 Å². The average Bonchev–Trinajstić information content (AvgIpc) is 3.38. The molecule has 4 heterocycles. The molecular formula is C16H21N7OS. The van der Waals surface area contributed by atoms with Crippen molar-refractivity contribution in [1.29, 1.82) is 0 Å². The molecule has 1 saturated heterocycles. The molecule has 0 spiro atoms. The number of piperidine rings is 1. The summed E-state index contributed by atoms with van der Waals surface area (Å²) in [7, 11) is 2.04. The highest BCUT2D eigenvalue weighted by Crippen LogP contribution is 2.30. The summed E-state index contributed by atoms with van der Waals surface area (Å²) in [5.74, 6) is 2.30. The third kappa shape index (κ3) is 3.29. The van der Waals surface area contributed by atoms with E-state index < -0.39 is 0 Å². The van der Waals surface area contributed by atoms with Crippen molar-refractivity contribution in [2.45, 2.75) is 31.9 Å². The Labute approximate surface area is 149 Å². The third-order valence-corrected chi connectivity index (χ3v) is 5.59. The third-order valence-electron chi connectivity index (χ3n) is 4.64. The van der Waals surface area contributed by atoms with Gasteiger partial charge in [-0.15, -0.1) is 21.5 Å². The van der Waals surface area contributed by atoms with Gasteiger partial charge in [-0.1, -0.05) is 0 Å². The molecule has 8 nitrogen and oxygen atoms in total. The Kier molecular flexibility index (Phi) is 4.50. The minimum atomic E-state index is -0.00529. The molecule has 0 aliphatic carbocycles. The van der Waals surface area contributed by atoms with Crippen LogP contribution in [0, 0.1) is 0 Å². The lowest BCUT2D eigenvalue weighted by molar-refractivity contribution is 0.277. The number of aliphatic hydroxyl groups is 1. The monoisotopic (exact) mass is 359 g/mol. The van der Waals surface area contributed by atoms with Gasteiger partial charge in [0, 0.05) is 43.8 Å². The van der Waals surface area contributed by atoms with Gasteiger partial charge in [-0.05, 0) is 12.8 Å². The first-order chi connectivity index (χ1) is 12.2. The van der Waals surface area contributed by atoms with E-state index in [0.717, 1.165) is 48.4 Å². The second-order valence-corrected chi connectivity index (χ2v) is 7.17. The maximum atomic E-state index is 9.22. The fourth-order valence-electron chi connectivity index (χ4n) is 3.29. The summed E-state index contributed by atoms with van der Waals surface area (Å²) in [5.41, 5.74) is 0.739. The summed E-state index contributed by atoms with van der Waals surface area (Å²) in [6.45, 7) is 2.55. The zero-order chi connectivity index (χ0) is 17.2. The number of imidazole rings is 1. The summed E-state index contributed by atoms with van der Waals surface area (Å²) >= 11 is 1.59. The maximum absolute atomic E-state index is 9.22. The number of anilines is 1. The molecule has 0 amide bonds. The SMILES string of the molecule is Cn1c(Cn2ccnc2)nnc1[C@H]1CCCN(c2nc(CO)cs2)C1. The molecule has 0 saturated carbocycles. The molecule has 4 rings (SSSR count). The number of hydrogen-bond acceptors (Lipinski definition) is 7. The number of hydrogen-bond donors (Lipinski definition) is 1. The zero-order valence-corrected chi connectivity index (χ0v) is 14.9. The van der Waals surface area contributed by atoms with Crippen molar-refractivity contribution in [2.75, 3.05) is 18.0 Å². The first-order valence-electron chi connectivity index (χ1n) is 8.38. The highest BCUT2D eigenvalue weighted by atomic mass is 32.1. The molecule has 0 radical (unpaired) electrons. The van der Waals surface area contributed by atoms with E-state index >= 15 is 0 Å². The van der Waals surface area contributed by atoms with Crippen LogP contribution in [0.25, 0.3) is 0 Å². The highest BCUT2D eigenvalue weighted by molar-refractivity contribution is 7.13. The van der Waals surface area contributed by atoms with E-state index in [1.54, 1.807) is 23.9 Å². The Balaban J connectivity index is 1.50. The molecule has 1 aliphatic heterocycles. The topological polar surface area (TPSA) is 84.9 Å². The molecule has 9 heteroatoms. The van der Waals surface area contributed by atoms with E-state index in [0.29, 0.717) is 12.5 Å². The molecule has 3 aromatic rings. The highest BCUT2D eigenvalue weighted by Gasteiger charge is 2.27. The van der Waals surface area contributed by atoms with E-state index in [1.165, 1.54) is 0 Å². The van der Waals surface area contributed by atoms with Crippen LogP contribution in [0.15, 0.2) is 24.1 Å². The number of aromatic nitrogens is 6. The van der Waals surface area contributed by atoms with Crippen LogP contribution < -0.4 is 4.90 Å². The fraction of sp³-hybridized carbons (Fsp3) is 0.500. The van der Waals surface area contributed by atoms with Gasteiger partial charge in [-0.25, -0.2) is 9.97 Å². The normalized spacial score (nSPS) is 18.0. The van der Waals surface area contributed by atoms with Crippen LogP contribution in [0.4, 0.5) is 5.13 Å². The van der Waals surface area contributed by atoms with Crippen molar-refractivity contribution < 1.29 is 5.11 Å². The molecule has 0 aromatic carbocycles. The maximum Gasteiger partial charge on any atom is 0.185 e. The van der Waals surface area contributed by atoms with Crippen LogP contribution >= 0.6 is 11.3 Å². The van der Waals surface area contributed by atoms with Gasteiger partial charge in [-0.3, -0.25) is 0 Å². The Morgan fingerprint density at radius 1 is 1.36 bits per heavy atom. The predicted octanol–water partition coefficient (Wildman–Crippen LogP) is 1.39. The van der Waals surface area contributed by atoms with E-state index in [-0.39, 0.29) is 6.61 Å². The summed E-state index contributed by atoms with van der Waals surface area (Å²) in [6, 6.07) is 0. The van der Waals surface area contributed by atoms with Crippen molar-refractivity contribution in [2.24, 2.45) is 7.05 Å². The quantitative estimate of drug-likeness (QED) is 0.741. The molecule has 1 N–H and O–H groups in total. The van der Waals surface area contributed by atoms with Gasteiger partial charge in [0.15, 0.2) is 11.0 Å². The molecule has 3 aromatic heterocycles. The second kappa shape index (κ2) is 6.93. The molecule has 1 fully saturated rings. The van der Waals surface area contributed by atoms with Crippen LogP contribution in [-0.4, -0.2) is 47.5 Å². The summed E-state index contributed by atoms with van der Waals surface area (Å²) in [6.07, 6.45) is 7.69. The molecule has 25 heavy (non-hydrogen) atoms. The van der Waals surface area contributed by atoms with Crippen LogP contribution in [-0.2, 0) is 20.2 Å². The van der Waals surface area contributed by atoms with Gasteiger partial charge >= 0.3 is 0 Å². The Morgan fingerprint density at radius 3 is 3.04 bits per heavy atom. The number of thiazole rings is 1. The second-order valence-electron chi connectivity index (χ2n) is 6.33. The molecule has 1 aliphatic rings. The fourth-order valence-corrected chi connectivity index (χ4v) is 4.14. The molecule has 132 valence electrons. The van der Waals surface area contributed by atoms with Gasteiger partial charge in [0.1, 0.15) is 5.82 Å². The van der Waals surface area contributed by atoms with E-state index in [4.69, 9.17) is 0 Å². The first-order valence-corrected chi connectivity index (χ1v) is 9.26. The Bertz CT molecular complexity index is 826. The van der Waals surface area contributed by atoms with Crippen LogP contribution in [0.2, 0.25) is 0 Å². The Hall–Kier alpha value is -2.26. The number of aliphatic hydroxyl groups excluding tert-OH is 1. The van der Waals surface area contributed by atoms with Gasteiger partial charge in [0.25, 0.3) is 0 Å². The molecule has 1 atom stereocenters. The lowest BCUT2D eigenvalue weighted by atomic mass is 9.97. The van der Waals surface area contributed by atoms with Gasteiger partial charge in [0.2, 0.25) is 0 Å². The van der Waals surface area contributed by atoms with Crippen LogP contribution in [0.5, 0.6) is 0 Å². The van der Waals surface area contributed by atoms with Gasteiger partial charge in [0.05, 0.1) is 25.2 Å². The average molecular weight is 359 g/mol. The summed E-state index contributed by atoms with van der Waals surface area (Å²) in [4.78, 5) is 10.9. The lowest BCUT2D eigenvalue weighted by Gasteiger charge is -2.32. The van der Waals surface area contributed by atoms with E-state index in [9.17, 15) is 5.11 Å². The van der Waals surface area contributed by atoms with Crippen LogP contribution in [0.3, 0.4) is 0 Å². The van der Waals surface area contributed by atoms with Gasteiger partial charge in [-0.2, -0.15) is 0 Å². The molecule has 0 unspecified atom stereocenters. The lowest BCUT2D eigenvalue weighted by Crippen LogP contribution is -2.35. The summed E-state index contributed by atoms with van der Waals surface area (Å²) < 4.78 is 4.10. The van der Waals surface area contributed by atoms with E-state index in [2.05, 4.69) is 29.6 Å². The van der Waals surface area contributed by atoms with Crippen molar-refractivity contribution in [3.05, 3.63) is 41.4 Å². The minimum absolute atomic E-state index is 0.00529. The predicted molar refractivity (Wildman–Crippen MR) is 94.6 cm³/mol. The Morgan fingerprint density at radius 2 is 2.28 bits per heavy atom.